The van der Waals surface area contributed by atoms with Gasteiger partial charge in [0.25, 0.3) is 11.8 Å². The molecule has 0 aliphatic carbocycles. The Morgan fingerprint density at radius 3 is 1.97 bits per heavy atom. The molecule has 0 bridgehead atoms. The third kappa shape index (κ3) is 6.08. The largest absolute Gasteiger partial charge is 0.490 e. The average Bonchev–Trinajstić information content (AvgIpc) is 3.34. The van der Waals surface area contributed by atoms with Crippen LogP contribution in [0.15, 0.2) is 41.8 Å². The summed E-state index contributed by atoms with van der Waals surface area (Å²) < 4.78 is 31.7. The number of benzene rings is 1. The van der Waals surface area contributed by atoms with E-state index in [4.69, 9.17) is 15.6 Å². The predicted octanol–water partition coefficient (Wildman–Crippen LogP) is 2.86. The Labute approximate surface area is 187 Å². The quantitative estimate of drug-likeness (QED) is 0.504. The molecule has 4 N–H and O–H groups in total. The van der Waals surface area contributed by atoms with E-state index in [9.17, 15) is 32.7 Å². The Bertz CT molecular complexity index is 962. The number of alkyl halides is 3. The fraction of sp³-hybridized carbons (Fsp3) is 0.263. The second kappa shape index (κ2) is 10.6. The van der Waals surface area contributed by atoms with Crippen molar-refractivity contribution < 1.29 is 42.6 Å². The van der Waals surface area contributed by atoms with Crippen LogP contribution in [0, 0.1) is 0 Å². The van der Waals surface area contributed by atoms with Crippen molar-refractivity contribution in [2.45, 2.75) is 18.3 Å². The highest BCUT2D eigenvalue weighted by Crippen LogP contribution is 2.27. The first-order chi connectivity index (χ1) is 14.9. The monoisotopic (exact) mass is 490 g/mol. The molecule has 0 saturated carbocycles. The molecule has 172 valence electrons. The van der Waals surface area contributed by atoms with E-state index >= 15 is 0 Å². The van der Waals surface area contributed by atoms with Crippen LogP contribution < -0.4 is 5.73 Å². The van der Waals surface area contributed by atoms with Gasteiger partial charge in [0.15, 0.2) is 0 Å². The zero-order chi connectivity index (χ0) is 24.1. The second-order valence-corrected chi connectivity index (χ2v) is 8.40. The van der Waals surface area contributed by atoms with E-state index in [-0.39, 0.29) is 22.9 Å². The van der Waals surface area contributed by atoms with Gasteiger partial charge in [0.05, 0.1) is 11.1 Å². The van der Waals surface area contributed by atoms with Gasteiger partial charge in [-0.05, 0) is 23.6 Å². The summed E-state index contributed by atoms with van der Waals surface area (Å²) in [6.45, 7) is 0. The van der Waals surface area contributed by atoms with Gasteiger partial charge < -0.3 is 15.9 Å². The summed E-state index contributed by atoms with van der Waals surface area (Å²) in [6.07, 6.45) is -5.08. The molecule has 1 aliphatic heterocycles. The Morgan fingerprint density at radius 2 is 1.56 bits per heavy atom. The molecule has 32 heavy (non-hydrogen) atoms. The summed E-state index contributed by atoms with van der Waals surface area (Å²) in [5.74, 6) is -4.47. The van der Waals surface area contributed by atoms with E-state index < -0.39 is 36.0 Å². The van der Waals surface area contributed by atoms with Crippen LogP contribution in [0.2, 0.25) is 0 Å². The summed E-state index contributed by atoms with van der Waals surface area (Å²) >= 11 is 2.86. The Kier molecular flexibility index (Phi) is 8.41. The van der Waals surface area contributed by atoms with Crippen LogP contribution in [-0.4, -0.2) is 62.6 Å². The van der Waals surface area contributed by atoms with Gasteiger partial charge in [-0.2, -0.15) is 24.9 Å². The Balaban J connectivity index is 0.000000451. The molecule has 2 amide bonds. The lowest BCUT2D eigenvalue weighted by Gasteiger charge is -2.22. The molecule has 0 radical (unpaired) electrons. The van der Waals surface area contributed by atoms with Gasteiger partial charge in [-0.3, -0.25) is 14.5 Å². The van der Waals surface area contributed by atoms with Gasteiger partial charge in [0, 0.05) is 22.4 Å². The van der Waals surface area contributed by atoms with E-state index in [2.05, 4.69) is 0 Å². The summed E-state index contributed by atoms with van der Waals surface area (Å²) in [6, 6.07) is 8.78. The SMILES string of the molecule is N[C@@H](CSC[C@@H](C(=O)O)N1C(=O)c2ccccc2C1=O)c1cccs1.O=C(O)C(F)(F)F. The minimum Gasteiger partial charge on any atom is -0.480 e. The van der Waals surface area contributed by atoms with Crippen LogP contribution in [0.25, 0.3) is 0 Å². The number of aliphatic carboxylic acids is 2. The van der Waals surface area contributed by atoms with Crippen molar-refractivity contribution in [3.05, 3.63) is 57.8 Å². The van der Waals surface area contributed by atoms with Crippen LogP contribution in [0.3, 0.4) is 0 Å². The number of thioether (sulfide) groups is 1. The molecule has 0 fully saturated rings. The number of hydrogen-bond donors (Lipinski definition) is 3. The minimum atomic E-state index is -5.08. The number of imide groups is 1. The maximum Gasteiger partial charge on any atom is 0.490 e. The number of carbonyl (C=O) groups is 4. The van der Waals surface area contributed by atoms with Crippen LogP contribution in [0.1, 0.15) is 31.6 Å². The molecule has 0 unspecified atom stereocenters. The number of thiophene rings is 1. The van der Waals surface area contributed by atoms with Gasteiger partial charge in [-0.1, -0.05) is 18.2 Å². The van der Waals surface area contributed by atoms with Crippen molar-refractivity contribution in [2.24, 2.45) is 5.73 Å². The molecular weight excluding hydrogens is 473 g/mol. The van der Waals surface area contributed by atoms with Gasteiger partial charge in [-0.15, -0.1) is 11.3 Å². The van der Waals surface area contributed by atoms with Crippen molar-refractivity contribution in [2.75, 3.05) is 11.5 Å². The number of carbonyl (C=O) groups excluding carboxylic acids is 2. The smallest absolute Gasteiger partial charge is 0.480 e. The van der Waals surface area contributed by atoms with Crippen molar-refractivity contribution in [3.63, 3.8) is 0 Å². The summed E-state index contributed by atoms with van der Waals surface area (Å²) in [5, 5.41) is 18.6. The number of halogens is 3. The number of nitrogens with zero attached hydrogens (tertiary/aromatic N) is 1. The number of rotatable bonds is 7. The van der Waals surface area contributed by atoms with Crippen molar-refractivity contribution in [1.29, 1.82) is 0 Å². The highest BCUT2D eigenvalue weighted by atomic mass is 32.2. The van der Waals surface area contributed by atoms with Gasteiger partial charge >= 0.3 is 18.1 Å². The maximum absolute atomic E-state index is 12.4. The standard InChI is InChI=1S/C17H16N2O4S2.C2HF3O2/c18-12(14-6-3-7-25-14)8-24-9-13(17(22)23)19-15(20)10-4-1-2-5-11(10)16(19)21;3-2(4,5)1(6)7/h1-7,12-13H,8-9,18H2,(H,22,23);(H,6,7)/t12-,13-;/m0./s1. The topological polar surface area (TPSA) is 138 Å². The number of amides is 2. The van der Waals surface area contributed by atoms with E-state index in [0.29, 0.717) is 5.75 Å². The fourth-order valence-corrected chi connectivity index (χ4v) is 4.56. The predicted molar refractivity (Wildman–Crippen MR) is 111 cm³/mol. The van der Waals surface area contributed by atoms with E-state index in [1.807, 2.05) is 17.5 Å². The number of fused-ring (bicyclic) bond motifs is 1. The number of carboxylic acid groups (broad SMARTS) is 2. The summed E-state index contributed by atoms with van der Waals surface area (Å²) in [7, 11) is 0. The van der Waals surface area contributed by atoms with E-state index in [0.717, 1.165) is 9.78 Å². The van der Waals surface area contributed by atoms with E-state index in [1.54, 1.807) is 23.5 Å². The lowest BCUT2D eigenvalue weighted by atomic mass is 10.1. The normalized spacial score (nSPS) is 14.9. The van der Waals surface area contributed by atoms with Crippen LogP contribution in [0.4, 0.5) is 13.2 Å². The first kappa shape index (κ1) is 25.4. The third-order valence-electron chi connectivity index (χ3n) is 4.15. The second-order valence-electron chi connectivity index (χ2n) is 6.34. The van der Waals surface area contributed by atoms with E-state index in [1.165, 1.54) is 23.9 Å². The summed E-state index contributed by atoms with van der Waals surface area (Å²) in [5.41, 5.74) is 6.57. The van der Waals surface area contributed by atoms with Crippen LogP contribution >= 0.6 is 23.1 Å². The molecule has 2 aromatic rings. The molecule has 0 saturated heterocycles. The Hall–Kier alpha value is -2.90. The fourth-order valence-electron chi connectivity index (χ4n) is 2.64. The molecule has 0 spiro atoms. The molecule has 8 nitrogen and oxygen atoms in total. The lowest BCUT2D eigenvalue weighted by Crippen LogP contribution is -2.46. The van der Waals surface area contributed by atoms with Crippen molar-refractivity contribution in [1.82, 2.24) is 4.90 Å². The number of nitrogens with two attached hydrogens (primary N) is 1. The maximum atomic E-state index is 12.4. The van der Waals surface area contributed by atoms with Gasteiger partial charge in [-0.25, -0.2) is 9.59 Å². The average molecular weight is 490 g/mol. The zero-order valence-corrected chi connectivity index (χ0v) is 17.7. The number of carboxylic acids is 2. The Morgan fingerprint density at radius 1 is 1.03 bits per heavy atom. The van der Waals surface area contributed by atoms with Crippen molar-refractivity contribution in [3.8, 4) is 0 Å². The first-order valence-electron chi connectivity index (χ1n) is 8.81. The molecule has 1 aliphatic rings. The first-order valence-corrected chi connectivity index (χ1v) is 10.8. The molecular formula is C19H17F3N2O6S2. The molecule has 13 heteroatoms. The molecule has 2 heterocycles. The molecule has 1 aromatic carbocycles. The molecule has 2 atom stereocenters. The van der Waals surface area contributed by atoms with Crippen LogP contribution in [-0.2, 0) is 9.59 Å². The highest BCUT2D eigenvalue weighted by molar-refractivity contribution is 7.99. The third-order valence-corrected chi connectivity index (χ3v) is 6.30. The minimum absolute atomic E-state index is 0.0971. The van der Waals surface area contributed by atoms with Crippen LogP contribution in [0.5, 0.6) is 0 Å². The van der Waals surface area contributed by atoms with Gasteiger partial charge in [0.1, 0.15) is 6.04 Å². The number of hydrogen-bond acceptors (Lipinski definition) is 7. The molecule has 3 rings (SSSR count). The molecule has 1 aromatic heterocycles. The van der Waals surface area contributed by atoms with Gasteiger partial charge in [0.2, 0.25) is 0 Å². The summed E-state index contributed by atoms with van der Waals surface area (Å²) in [4.78, 5) is 47.3. The highest BCUT2D eigenvalue weighted by Gasteiger charge is 2.42. The van der Waals surface area contributed by atoms with Crippen molar-refractivity contribution >= 4 is 46.9 Å². The zero-order valence-electron chi connectivity index (χ0n) is 16.1. The lowest BCUT2D eigenvalue weighted by molar-refractivity contribution is -0.192.